The van der Waals surface area contributed by atoms with Gasteiger partial charge in [0.1, 0.15) is 5.60 Å². The number of rotatable bonds is 4. The Labute approximate surface area is 95.4 Å². The molecule has 16 heavy (non-hydrogen) atoms. The van der Waals surface area contributed by atoms with Gasteiger partial charge in [-0.15, -0.1) is 0 Å². The van der Waals surface area contributed by atoms with Gasteiger partial charge in [-0.1, -0.05) is 0 Å². The van der Waals surface area contributed by atoms with Gasteiger partial charge in [0, 0.05) is 0 Å². The van der Waals surface area contributed by atoms with Gasteiger partial charge in [-0.05, 0) is 34.6 Å². The van der Waals surface area contributed by atoms with Gasteiger partial charge in [-0.25, -0.2) is 4.79 Å². The Morgan fingerprint density at radius 2 is 1.69 bits per heavy atom. The first-order chi connectivity index (χ1) is 7.02. The summed E-state index contributed by atoms with van der Waals surface area (Å²) in [6.45, 7) is 8.33. The molecule has 94 valence electrons. The van der Waals surface area contributed by atoms with E-state index < -0.39 is 23.3 Å². The van der Waals surface area contributed by atoms with Gasteiger partial charge in [-0.2, -0.15) is 0 Å². The molecular weight excluding hydrogens is 212 g/mol. The van der Waals surface area contributed by atoms with Crippen LogP contribution in [-0.4, -0.2) is 35.0 Å². The molecule has 0 aromatic heterocycles. The molecule has 0 aliphatic rings. The van der Waals surface area contributed by atoms with Crippen LogP contribution in [0.3, 0.4) is 0 Å². The topological polar surface area (TPSA) is 87.7 Å². The second-order valence-electron chi connectivity index (χ2n) is 5.00. The Kier molecular flexibility index (Phi) is 4.74. The molecule has 0 aliphatic heterocycles. The van der Waals surface area contributed by atoms with Crippen molar-refractivity contribution in [1.82, 2.24) is 10.6 Å². The number of hydrogen-bond donors (Lipinski definition) is 3. The standard InChI is InChI=1S/C10H20N2O4/c1-9(2,3)16-8(15)12-10(4,5)11-6-7(13)14/h11H,6H2,1-5H3,(H,12,15)(H,13,14). The van der Waals surface area contributed by atoms with Crippen molar-refractivity contribution >= 4 is 12.1 Å². The Balaban J connectivity index is 4.15. The van der Waals surface area contributed by atoms with E-state index in [0.29, 0.717) is 0 Å². The molecule has 0 radical (unpaired) electrons. The van der Waals surface area contributed by atoms with E-state index in [-0.39, 0.29) is 6.54 Å². The van der Waals surface area contributed by atoms with Crippen LogP contribution in [0.5, 0.6) is 0 Å². The fourth-order valence-corrected chi connectivity index (χ4v) is 0.900. The molecule has 0 bridgehead atoms. The summed E-state index contributed by atoms with van der Waals surface area (Å²) >= 11 is 0. The molecule has 0 saturated carbocycles. The van der Waals surface area contributed by atoms with Gasteiger partial charge in [-0.3, -0.25) is 10.1 Å². The van der Waals surface area contributed by atoms with Gasteiger partial charge < -0.3 is 15.2 Å². The Bertz CT molecular complexity index is 268. The smallest absolute Gasteiger partial charge is 0.409 e. The molecule has 0 heterocycles. The highest BCUT2D eigenvalue weighted by atomic mass is 16.6. The van der Waals surface area contributed by atoms with Crippen LogP contribution < -0.4 is 10.6 Å². The number of nitrogens with one attached hydrogen (secondary N) is 2. The molecule has 0 aromatic carbocycles. The maximum Gasteiger partial charge on any atom is 0.409 e. The number of ether oxygens (including phenoxy) is 1. The number of carbonyl (C=O) groups excluding carboxylic acids is 1. The number of alkyl carbamates (subject to hydrolysis) is 1. The molecule has 0 rings (SSSR count). The van der Waals surface area contributed by atoms with Crippen LogP contribution in [-0.2, 0) is 9.53 Å². The van der Waals surface area contributed by atoms with E-state index in [4.69, 9.17) is 9.84 Å². The summed E-state index contributed by atoms with van der Waals surface area (Å²) in [6.07, 6.45) is -0.588. The van der Waals surface area contributed by atoms with Crippen LogP contribution in [0.25, 0.3) is 0 Å². The summed E-state index contributed by atoms with van der Waals surface area (Å²) in [6, 6.07) is 0. The average molecular weight is 232 g/mol. The molecular formula is C10H20N2O4. The third kappa shape index (κ3) is 8.05. The molecule has 0 aromatic rings. The van der Waals surface area contributed by atoms with Gasteiger partial charge in [0.15, 0.2) is 0 Å². The van der Waals surface area contributed by atoms with Crippen molar-refractivity contribution in [3.8, 4) is 0 Å². The van der Waals surface area contributed by atoms with E-state index in [2.05, 4.69) is 10.6 Å². The molecule has 6 heteroatoms. The second-order valence-corrected chi connectivity index (χ2v) is 5.00. The summed E-state index contributed by atoms with van der Waals surface area (Å²) < 4.78 is 5.04. The summed E-state index contributed by atoms with van der Waals surface area (Å²) in [5, 5.41) is 13.7. The summed E-state index contributed by atoms with van der Waals surface area (Å²) in [5.74, 6) is -0.987. The summed E-state index contributed by atoms with van der Waals surface area (Å²) in [7, 11) is 0. The Morgan fingerprint density at radius 1 is 1.19 bits per heavy atom. The lowest BCUT2D eigenvalue weighted by atomic mass is 10.2. The molecule has 3 N–H and O–H groups in total. The van der Waals surface area contributed by atoms with E-state index in [1.165, 1.54) is 0 Å². The zero-order valence-corrected chi connectivity index (χ0v) is 10.4. The van der Waals surface area contributed by atoms with Crippen molar-refractivity contribution in [1.29, 1.82) is 0 Å². The first kappa shape index (κ1) is 14.7. The lowest BCUT2D eigenvalue weighted by Gasteiger charge is -2.29. The normalized spacial score (nSPS) is 12.1. The van der Waals surface area contributed by atoms with Crippen molar-refractivity contribution < 1.29 is 19.4 Å². The van der Waals surface area contributed by atoms with E-state index in [1.807, 2.05) is 0 Å². The number of carboxylic acids is 1. The van der Waals surface area contributed by atoms with Crippen LogP contribution in [0.4, 0.5) is 4.79 Å². The van der Waals surface area contributed by atoms with Crippen molar-refractivity contribution in [3.05, 3.63) is 0 Å². The molecule has 0 saturated heterocycles. The predicted octanol–water partition coefficient (Wildman–Crippen LogP) is 0.921. The average Bonchev–Trinajstić information content (AvgIpc) is 1.95. The number of carbonyl (C=O) groups is 2. The fraction of sp³-hybridized carbons (Fsp3) is 0.800. The SMILES string of the molecule is CC(C)(NCC(=O)O)NC(=O)OC(C)(C)C. The highest BCUT2D eigenvalue weighted by molar-refractivity contribution is 5.70. The van der Waals surface area contributed by atoms with Gasteiger partial charge in [0.25, 0.3) is 0 Å². The summed E-state index contributed by atoms with van der Waals surface area (Å²) in [5.41, 5.74) is -1.41. The number of aliphatic carboxylic acids is 1. The zero-order valence-electron chi connectivity index (χ0n) is 10.4. The highest BCUT2D eigenvalue weighted by Crippen LogP contribution is 2.08. The molecule has 1 amide bonds. The van der Waals surface area contributed by atoms with Crippen molar-refractivity contribution in [2.24, 2.45) is 0 Å². The first-order valence-corrected chi connectivity index (χ1v) is 5.00. The highest BCUT2D eigenvalue weighted by Gasteiger charge is 2.24. The number of amides is 1. The third-order valence-electron chi connectivity index (χ3n) is 1.50. The molecule has 0 spiro atoms. The lowest BCUT2D eigenvalue weighted by molar-refractivity contribution is -0.136. The Morgan fingerprint density at radius 3 is 2.06 bits per heavy atom. The largest absolute Gasteiger partial charge is 0.480 e. The van der Waals surface area contributed by atoms with Gasteiger partial charge in [0.2, 0.25) is 0 Å². The van der Waals surface area contributed by atoms with Crippen LogP contribution in [0.15, 0.2) is 0 Å². The fourth-order valence-electron chi connectivity index (χ4n) is 0.900. The van der Waals surface area contributed by atoms with Gasteiger partial charge in [0.05, 0.1) is 12.2 Å². The van der Waals surface area contributed by atoms with Crippen LogP contribution in [0.2, 0.25) is 0 Å². The minimum atomic E-state index is -0.987. The predicted molar refractivity (Wildman–Crippen MR) is 59.1 cm³/mol. The van der Waals surface area contributed by atoms with Crippen molar-refractivity contribution in [2.45, 2.75) is 45.9 Å². The maximum atomic E-state index is 11.4. The molecule has 0 unspecified atom stereocenters. The monoisotopic (exact) mass is 232 g/mol. The van der Waals surface area contributed by atoms with E-state index in [1.54, 1.807) is 34.6 Å². The van der Waals surface area contributed by atoms with Crippen molar-refractivity contribution in [3.63, 3.8) is 0 Å². The van der Waals surface area contributed by atoms with Crippen LogP contribution in [0.1, 0.15) is 34.6 Å². The minimum Gasteiger partial charge on any atom is -0.480 e. The van der Waals surface area contributed by atoms with Gasteiger partial charge >= 0.3 is 12.1 Å². The number of carboxylic acid groups (broad SMARTS) is 1. The third-order valence-corrected chi connectivity index (χ3v) is 1.50. The van der Waals surface area contributed by atoms with E-state index in [0.717, 1.165) is 0 Å². The van der Waals surface area contributed by atoms with E-state index in [9.17, 15) is 9.59 Å². The second kappa shape index (κ2) is 5.16. The van der Waals surface area contributed by atoms with Crippen LogP contribution >= 0.6 is 0 Å². The lowest BCUT2D eigenvalue weighted by Crippen LogP contribution is -2.56. The quantitative estimate of drug-likeness (QED) is 0.627. The maximum absolute atomic E-state index is 11.4. The summed E-state index contributed by atoms with van der Waals surface area (Å²) in [4.78, 5) is 21.8. The Hall–Kier alpha value is -1.30. The molecule has 0 aliphatic carbocycles. The number of hydrogen-bond acceptors (Lipinski definition) is 4. The van der Waals surface area contributed by atoms with E-state index >= 15 is 0 Å². The van der Waals surface area contributed by atoms with Crippen LogP contribution in [0, 0.1) is 0 Å². The minimum absolute atomic E-state index is 0.233. The zero-order chi connectivity index (χ0) is 13.0. The molecule has 0 atom stereocenters. The van der Waals surface area contributed by atoms with Crippen molar-refractivity contribution in [2.75, 3.05) is 6.54 Å². The molecule has 0 fully saturated rings. The molecule has 6 nitrogen and oxygen atoms in total. The first-order valence-electron chi connectivity index (χ1n) is 5.00.